The summed E-state index contributed by atoms with van der Waals surface area (Å²) in [6, 6.07) is 27.1. The van der Waals surface area contributed by atoms with E-state index < -0.39 is 0 Å². The predicted molar refractivity (Wildman–Crippen MR) is 184 cm³/mol. The molecule has 6 heteroatoms. The van der Waals surface area contributed by atoms with E-state index in [1.165, 1.54) is 22.3 Å². The fourth-order valence-corrected chi connectivity index (χ4v) is 5.09. The van der Waals surface area contributed by atoms with Crippen LogP contribution in [0.15, 0.2) is 88.8 Å². The molecule has 0 aliphatic carbocycles. The molecule has 1 fully saturated rings. The van der Waals surface area contributed by atoms with Gasteiger partial charge in [0.05, 0.1) is 31.7 Å². The van der Waals surface area contributed by atoms with E-state index in [0.717, 1.165) is 78.5 Å². The van der Waals surface area contributed by atoms with Gasteiger partial charge in [-0.1, -0.05) is 63.6 Å². The molecule has 6 nitrogen and oxygen atoms in total. The molecule has 1 unspecified atom stereocenters. The summed E-state index contributed by atoms with van der Waals surface area (Å²) in [5.41, 5.74) is 8.97. The zero-order valence-corrected chi connectivity index (χ0v) is 26.9. The summed E-state index contributed by atoms with van der Waals surface area (Å²) >= 11 is 0. The minimum absolute atomic E-state index is 0.238. The first kappa shape index (κ1) is 32.0. The lowest BCUT2D eigenvalue weighted by Crippen LogP contribution is -2.04. The third kappa shape index (κ3) is 9.29. The highest BCUT2D eigenvalue weighted by atomic mass is 16.6. The van der Waals surface area contributed by atoms with Crippen LogP contribution in [-0.2, 0) is 24.0 Å². The minimum Gasteiger partial charge on any atom is -0.493 e. The number of aliphatic imine (C=N–C) groups is 2. The third-order valence-electron chi connectivity index (χ3n) is 7.80. The molecular formula is C39H44N2O4. The van der Waals surface area contributed by atoms with E-state index >= 15 is 0 Å². The maximum atomic E-state index is 5.87. The van der Waals surface area contributed by atoms with Crippen LogP contribution in [0.25, 0.3) is 0 Å². The Bertz CT molecular complexity index is 1620. The number of methoxy groups -OCH3 is 1. The average Bonchev–Trinajstić information content (AvgIpc) is 3.91. The van der Waals surface area contributed by atoms with Gasteiger partial charge in [0, 0.05) is 12.4 Å². The van der Waals surface area contributed by atoms with Crippen LogP contribution < -0.4 is 14.2 Å². The van der Waals surface area contributed by atoms with Crippen molar-refractivity contribution in [3.8, 4) is 17.2 Å². The maximum Gasteiger partial charge on any atom is 0.161 e. The Hall–Kier alpha value is -4.42. The third-order valence-corrected chi connectivity index (χ3v) is 7.80. The SMILES string of the molecule is CCCCOc1ccc(/C=N/c2ccc(Cc3ccc(/N=C/c4cccc(OCC5CO5)c4)c(CC)c3)cc2CC)cc1OC. The summed E-state index contributed by atoms with van der Waals surface area (Å²) < 4.78 is 22.5. The Morgan fingerprint density at radius 3 is 2.02 bits per heavy atom. The van der Waals surface area contributed by atoms with Crippen molar-refractivity contribution in [2.45, 2.75) is 59.0 Å². The first-order valence-electron chi connectivity index (χ1n) is 16.1. The Balaban J connectivity index is 1.24. The quantitative estimate of drug-likeness (QED) is 0.0728. The smallest absolute Gasteiger partial charge is 0.161 e. The monoisotopic (exact) mass is 604 g/mol. The molecule has 0 aromatic heterocycles. The standard InChI is InChI=1S/C39H44N2O4/c1-5-8-18-43-38-17-14-31(23-39(38)42-4)25-41-37-16-13-29(21-33(37)7-3)19-28-12-15-36(32(6-2)20-28)40-24-30-10-9-11-34(22-30)44-26-35-27-45-35/h9-17,20-25,35H,5-8,18-19,26-27H2,1-4H3/b40-24+,41-25+. The van der Waals surface area contributed by atoms with Gasteiger partial charge in [-0.25, -0.2) is 0 Å². The van der Waals surface area contributed by atoms with Crippen molar-refractivity contribution < 1.29 is 18.9 Å². The molecule has 45 heavy (non-hydrogen) atoms. The number of ether oxygens (including phenoxy) is 4. The number of unbranched alkanes of at least 4 members (excludes halogenated alkanes) is 1. The molecule has 1 aliphatic rings. The second-order valence-electron chi connectivity index (χ2n) is 11.3. The molecule has 0 saturated carbocycles. The van der Waals surface area contributed by atoms with Gasteiger partial charge >= 0.3 is 0 Å². The molecular weight excluding hydrogens is 560 g/mol. The number of benzene rings is 4. The first-order valence-corrected chi connectivity index (χ1v) is 16.1. The fourth-order valence-electron chi connectivity index (χ4n) is 5.09. The lowest BCUT2D eigenvalue weighted by molar-refractivity contribution is 0.263. The van der Waals surface area contributed by atoms with E-state index in [4.69, 9.17) is 28.9 Å². The number of hydrogen-bond acceptors (Lipinski definition) is 6. The molecule has 1 heterocycles. The number of hydrogen-bond donors (Lipinski definition) is 0. The summed E-state index contributed by atoms with van der Waals surface area (Å²) in [6.07, 6.45) is 8.83. The van der Waals surface area contributed by atoms with Crippen LogP contribution in [0.5, 0.6) is 17.2 Å². The molecule has 234 valence electrons. The Labute approximate surface area is 267 Å². The lowest BCUT2D eigenvalue weighted by atomic mass is 9.98. The van der Waals surface area contributed by atoms with Gasteiger partial charge < -0.3 is 18.9 Å². The predicted octanol–water partition coefficient (Wildman–Crippen LogP) is 8.87. The van der Waals surface area contributed by atoms with Crippen LogP contribution in [-0.4, -0.2) is 45.5 Å². The van der Waals surface area contributed by atoms with Crippen LogP contribution in [0, 0.1) is 0 Å². The summed E-state index contributed by atoms with van der Waals surface area (Å²) in [7, 11) is 1.67. The van der Waals surface area contributed by atoms with Gasteiger partial charge in [-0.05, 0) is 102 Å². The Morgan fingerprint density at radius 2 is 1.42 bits per heavy atom. The largest absolute Gasteiger partial charge is 0.493 e. The van der Waals surface area contributed by atoms with E-state index in [2.05, 4.69) is 57.2 Å². The molecule has 5 rings (SSSR count). The van der Waals surface area contributed by atoms with E-state index in [1.807, 2.05) is 54.9 Å². The summed E-state index contributed by atoms with van der Waals surface area (Å²) in [4.78, 5) is 9.66. The molecule has 1 saturated heterocycles. The number of aryl methyl sites for hydroxylation is 2. The van der Waals surface area contributed by atoms with Gasteiger partial charge in [0.15, 0.2) is 11.5 Å². The first-order chi connectivity index (χ1) is 22.1. The van der Waals surface area contributed by atoms with Gasteiger partial charge in [-0.2, -0.15) is 0 Å². The molecule has 4 aromatic rings. The Kier molecular flexibility index (Phi) is 11.4. The second kappa shape index (κ2) is 16.1. The summed E-state index contributed by atoms with van der Waals surface area (Å²) in [6.45, 7) is 8.58. The summed E-state index contributed by atoms with van der Waals surface area (Å²) in [5, 5.41) is 0. The second-order valence-corrected chi connectivity index (χ2v) is 11.3. The van der Waals surface area contributed by atoms with E-state index in [0.29, 0.717) is 13.2 Å². The van der Waals surface area contributed by atoms with Crippen LogP contribution in [0.4, 0.5) is 11.4 Å². The molecule has 1 atom stereocenters. The van der Waals surface area contributed by atoms with Crippen molar-refractivity contribution in [1.82, 2.24) is 0 Å². The highest BCUT2D eigenvalue weighted by molar-refractivity contribution is 5.84. The van der Waals surface area contributed by atoms with Crippen LogP contribution in [0.2, 0.25) is 0 Å². The zero-order chi connectivity index (χ0) is 31.4. The molecule has 0 N–H and O–H groups in total. The number of rotatable bonds is 16. The Morgan fingerprint density at radius 1 is 0.756 bits per heavy atom. The molecule has 1 aliphatic heterocycles. The molecule has 0 bridgehead atoms. The van der Waals surface area contributed by atoms with Gasteiger partial charge in [0.1, 0.15) is 18.5 Å². The van der Waals surface area contributed by atoms with E-state index in [-0.39, 0.29) is 6.10 Å². The molecule has 4 aromatic carbocycles. The van der Waals surface area contributed by atoms with Crippen LogP contribution in [0.1, 0.15) is 67.0 Å². The number of epoxide rings is 1. The van der Waals surface area contributed by atoms with Crippen LogP contribution >= 0.6 is 0 Å². The van der Waals surface area contributed by atoms with Crippen molar-refractivity contribution in [1.29, 1.82) is 0 Å². The molecule has 0 amide bonds. The van der Waals surface area contributed by atoms with Gasteiger partial charge in [0.2, 0.25) is 0 Å². The van der Waals surface area contributed by atoms with Gasteiger partial charge in [-0.15, -0.1) is 0 Å². The molecule has 0 spiro atoms. The van der Waals surface area contributed by atoms with E-state index in [1.54, 1.807) is 7.11 Å². The fraction of sp³-hybridized carbons (Fsp3) is 0.333. The average molecular weight is 605 g/mol. The minimum atomic E-state index is 0.238. The van der Waals surface area contributed by atoms with Gasteiger partial charge in [-0.3, -0.25) is 9.98 Å². The molecule has 0 radical (unpaired) electrons. The highest BCUT2D eigenvalue weighted by Gasteiger charge is 2.23. The van der Waals surface area contributed by atoms with Crippen molar-refractivity contribution in [3.63, 3.8) is 0 Å². The normalized spacial score (nSPS) is 14.3. The highest BCUT2D eigenvalue weighted by Crippen LogP contribution is 2.29. The summed E-state index contributed by atoms with van der Waals surface area (Å²) in [5.74, 6) is 2.33. The zero-order valence-electron chi connectivity index (χ0n) is 26.9. The van der Waals surface area contributed by atoms with Crippen molar-refractivity contribution in [2.75, 3.05) is 26.9 Å². The van der Waals surface area contributed by atoms with Gasteiger partial charge in [0.25, 0.3) is 0 Å². The number of nitrogens with zero attached hydrogens (tertiary/aromatic N) is 2. The van der Waals surface area contributed by atoms with Crippen molar-refractivity contribution in [3.05, 3.63) is 112 Å². The maximum absolute atomic E-state index is 5.87. The topological polar surface area (TPSA) is 64.9 Å². The van der Waals surface area contributed by atoms with E-state index in [9.17, 15) is 0 Å². The van der Waals surface area contributed by atoms with Crippen molar-refractivity contribution >= 4 is 23.8 Å². The lowest BCUT2D eigenvalue weighted by Gasteiger charge is -2.11. The van der Waals surface area contributed by atoms with Crippen LogP contribution in [0.3, 0.4) is 0 Å². The van der Waals surface area contributed by atoms with Crippen molar-refractivity contribution in [2.24, 2.45) is 9.98 Å².